The third kappa shape index (κ3) is 1.82. The largest absolute Gasteiger partial charge is 0.490 e. The van der Waals surface area contributed by atoms with Crippen LogP contribution in [-0.2, 0) is 4.74 Å². The summed E-state index contributed by atoms with van der Waals surface area (Å²) < 4.78 is 4.92. The van der Waals surface area contributed by atoms with Crippen LogP contribution in [0.4, 0.5) is 0 Å². The molecule has 0 amide bonds. The third-order valence-corrected chi connectivity index (χ3v) is 1.00. The Bertz CT molecular complexity index is 89.0. The van der Waals surface area contributed by atoms with E-state index in [4.69, 9.17) is 4.74 Å². The minimum absolute atomic E-state index is 0.806. The van der Waals surface area contributed by atoms with Gasteiger partial charge < -0.3 is 4.74 Å². The SMILES string of the molecule is [C]1=C\C=C/CCCO/1. The molecule has 1 heteroatoms. The van der Waals surface area contributed by atoms with E-state index in [0.29, 0.717) is 0 Å². The van der Waals surface area contributed by atoms with Crippen LogP contribution in [0.2, 0.25) is 0 Å². The number of rotatable bonds is 0. The van der Waals surface area contributed by atoms with Gasteiger partial charge in [0.25, 0.3) is 0 Å². The van der Waals surface area contributed by atoms with Crippen molar-refractivity contribution in [1.29, 1.82) is 0 Å². The molecule has 0 aromatic carbocycles. The standard InChI is InChI=1S/C7H9O/c1-2-4-6-8-7-5-3-1/h1-2,4H,3,5,7H2/b2-1-,6-4?. The van der Waals surface area contributed by atoms with E-state index >= 15 is 0 Å². The fourth-order valence-electron chi connectivity index (χ4n) is 0.584. The monoisotopic (exact) mass is 109 g/mol. The minimum atomic E-state index is 0.806. The van der Waals surface area contributed by atoms with Gasteiger partial charge in [-0.3, -0.25) is 0 Å². The van der Waals surface area contributed by atoms with Gasteiger partial charge in [0, 0.05) is 0 Å². The Kier molecular flexibility index (Phi) is 2.24. The van der Waals surface area contributed by atoms with Crippen molar-refractivity contribution in [2.24, 2.45) is 0 Å². The molecule has 0 aromatic rings. The molecule has 8 heavy (non-hydrogen) atoms. The summed E-state index contributed by atoms with van der Waals surface area (Å²) in [6, 6.07) is 0. The van der Waals surface area contributed by atoms with Crippen molar-refractivity contribution in [2.45, 2.75) is 12.8 Å². The first-order valence-electron chi connectivity index (χ1n) is 2.86. The number of hydrogen-bond acceptors (Lipinski definition) is 1. The lowest BCUT2D eigenvalue weighted by Gasteiger charge is -1.97. The van der Waals surface area contributed by atoms with Gasteiger partial charge in [-0.25, -0.2) is 0 Å². The van der Waals surface area contributed by atoms with E-state index in [2.05, 4.69) is 12.3 Å². The predicted molar refractivity (Wildman–Crippen MR) is 32.1 cm³/mol. The molecule has 0 unspecified atom stereocenters. The average Bonchev–Trinajstić information content (AvgIpc) is 1.62. The van der Waals surface area contributed by atoms with Crippen molar-refractivity contribution in [3.63, 3.8) is 0 Å². The van der Waals surface area contributed by atoms with E-state index in [1.54, 1.807) is 6.08 Å². The molecule has 0 bridgehead atoms. The first-order valence-corrected chi connectivity index (χ1v) is 2.86. The lowest BCUT2D eigenvalue weighted by Crippen LogP contribution is -1.87. The van der Waals surface area contributed by atoms with Gasteiger partial charge in [-0.15, -0.1) is 0 Å². The quantitative estimate of drug-likeness (QED) is 0.459. The highest BCUT2D eigenvalue weighted by Crippen LogP contribution is 1.95. The van der Waals surface area contributed by atoms with E-state index in [-0.39, 0.29) is 0 Å². The van der Waals surface area contributed by atoms with Gasteiger partial charge >= 0.3 is 0 Å². The van der Waals surface area contributed by atoms with Crippen molar-refractivity contribution in [2.75, 3.05) is 6.61 Å². The Hall–Kier alpha value is -0.720. The van der Waals surface area contributed by atoms with Crippen molar-refractivity contribution < 1.29 is 4.74 Å². The van der Waals surface area contributed by atoms with Crippen LogP contribution < -0.4 is 0 Å². The smallest absolute Gasteiger partial charge is 0.161 e. The second-order valence-electron chi connectivity index (χ2n) is 1.70. The molecule has 1 rings (SSSR count). The molecule has 1 aliphatic rings. The summed E-state index contributed by atoms with van der Waals surface area (Å²) in [5, 5.41) is 0. The van der Waals surface area contributed by atoms with E-state index < -0.39 is 0 Å². The van der Waals surface area contributed by atoms with Crippen LogP contribution in [0.5, 0.6) is 0 Å². The third-order valence-electron chi connectivity index (χ3n) is 1.00. The lowest BCUT2D eigenvalue weighted by atomic mass is 10.3. The van der Waals surface area contributed by atoms with Crippen LogP contribution in [0.1, 0.15) is 12.8 Å². The fourth-order valence-corrected chi connectivity index (χ4v) is 0.584. The molecule has 0 atom stereocenters. The van der Waals surface area contributed by atoms with Crippen LogP contribution in [0.15, 0.2) is 18.2 Å². The van der Waals surface area contributed by atoms with Crippen LogP contribution in [-0.4, -0.2) is 6.61 Å². The topological polar surface area (TPSA) is 9.23 Å². The van der Waals surface area contributed by atoms with Crippen LogP contribution in [0.25, 0.3) is 0 Å². The van der Waals surface area contributed by atoms with Gasteiger partial charge in [0.2, 0.25) is 0 Å². The molecule has 0 N–H and O–H groups in total. The summed E-state index contributed by atoms with van der Waals surface area (Å²) in [5.74, 6) is 0. The van der Waals surface area contributed by atoms with E-state index in [9.17, 15) is 0 Å². The minimum Gasteiger partial charge on any atom is -0.490 e. The molecule has 1 heterocycles. The highest BCUT2D eigenvalue weighted by atomic mass is 16.5. The normalized spacial score (nSPS) is 27.0. The lowest BCUT2D eigenvalue weighted by molar-refractivity contribution is 0.224. The summed E-state index contributed by atoms with van der Waals surface area (Å²) >= 11 is 0. The summed E-state index contributed by atoms with van der Waals surface area (Å²) in [7, 11) is 0. The van der Waals surface area contributed by atoms with Crippen molar-refractivity contribution in [3.05, 3.63) is 24.5 Å². The van der Waals surface area contributed by atoms with Crippen molar-refractivity contribution in [1.82, 2.24) is 0 Å². The molecule has 1 radical (unpaired) electrons. The van der Waals surface area contributed by atoms with Crippen LogP contribution in [0.3, 0.4) is 0 Å². The summed E-state index contributed by atoms with van der Waals surface area (Å²) in [4.78, 5) is 0. The Labute approximate surface area is 49.7 Å². The zero-order chi connectivity index (χ0) is 5.66. The number of allylic oxidation sites excluding steroid dienone is 3. The van der Waals surface area contributed by atoms with Crippen LogP contribution in [0, 0.1) is 6.26 Å². The second-order valence-corrected chi connectivity index (χ2v) is 1.70. The van der Waals surface area contributed by atoms with Gasteiger partial charge in [-0.1, -0.05) is 12.2 Å². The zero-order valence-electron chi connectivity index (χ0n) is 4.76. The molecular weight excluding hydrogens is 100 g/mol. The first-order chi connectivity index (χ1) is 4.00. The Morgan fingerprint density at radius 2 is 2.50 bits per heavy atom. The fraction of sp³-hybridized carbons (Fsp3) is 0.429. The van der Waals surface area contributed by atoms with Gasteiger partial charge in [0.1, 0.15) is 0 Å². The van der Waals surface area contributed by atoms with Gasteiger partial charge in [0.15, 0.2) is 6.26 Å². The Morgan fingerprint density at radius 3 is 3.50 bits per heavy atom. The Morgan fingerprint density at radius 1 is 1.50 bits per heavy atom. The van der Waals surface area contributed by atoms with Crippen molar-refractivity contribution >= 4 is 0 Å². The second kappa shape index (κ2) is 3.30. The first kappa shape index (κ1) is 5.42. The highest BCUT2D eigenvalue weighted by Gasteiger charge is 1.84. The number of hydrogen-bond donors (Lipinski definition) is 0. The summed E-state index contributed by atoms with van der Waals surface area (Å²) in [6.07, 6.45) is 10.8. The number of ether oxygens (including phenoxy) is 1. The molecule has 0 spiro atoms. The maximum Gasteiger partial charge on any atom is 0.161 e. The molecule has 0 aromatic heterocycles. The Balaban J connectivity index is 2.33. The summed E-state index contributed by atoms with van der Waals surface area (Å²) in [5.41, 5.74) is 0. The molecular formula is C7H9O. The van der Waals surface area contributed by atoms with Gasteiger partial charge in [0.05, 0.1) is 6.61 Å². The molecule has 0 saturated carbocycles. The van der Waals surface area contributed by atoms with Crippen LogP contribution >= 0.6 is 0 Å². The van der Waals surface area contributed by atoms with E-state index in [0.717, 1.165) is 19.4 Å². The molecule has 0 fully saturated rings. The van der Waals surface area contributed by atoms with E-state index in [1.165, 1.54) is 0 Å². The highest BCUT2D eigenvalue weighted by molar-refractivity contribution is 4.97. The zero-order valence-corrected chi connectivity index (χ0v) is 4.76. The summed E-state index contributed by atoms with van der Waals surface area (Å²) in [6.45, 7) is 0.806. The molecule has 0 aliphatic carbocycles. The molecule has 1 aliphatic heterocycles. The molecule has 43 valence electrons. The predicted octanol–water partition coefficient (Wildman–Crippen LogP) is 1.67. The average molecular weight is 109 g/mol. The van der Waals surface area contributed by atoms with Gasteiger partial charge in [-0.2, -0.15) is 0 Å². The van der Waals surface area contributed by atoms with Gasteiger partial charge in [-0.05, 0) is 18.9 Å². The molecule has 0 saturated heterocycles. The van der Waals surface area contributed by atoms with E-state index in [1.807, 2.05) is 6.08 Å². The molecule has 1 nitrogen and oxygen atoms in total. The van der Waals surface area contributed by atoms with Crippen molar-refractivity contribution in [3.8, 4) is 0 Å². The maximum atomic E-state index is 4.92. The maximum absolute atomic E-state index is 4.92.